The first-order chi connectivity index (χ1) is 20.8. The van der Waals surface area contributed by atoms with Crippen molar-refractivity contribution in [2.24, 2.45) is 11.7 Å². The molecule has 0 aliphatic heterocycles. The molecule has 0 saturated heterocycles. The molecule has 0 aliphatic carbocycles. The number of benzene rings is 1. The summed E-state index contributed by atoms with van der Waals surface area (Å²) in [5.74, 6) is -1.12. The van der Waals surface area contributed by atoms with Gasteiger partial charge in [-0.2, -0.15) is 0 Å². The standard InChI is InChI=1S/C37H51N3O3/c1-37(2,3)43-36(42)32(35(41)22-11-9-7-5-4-6-8-10-14-23-38)19-17-18-29-26-30(33-20-12-15-24-39-33)28-31(27-29)34-21-13-16-25-40-34/h12-13,15-16,20-21,24-28,32H,4-11,14,17-19,22-23,38H2,1-3H3/t32-/m0/s1. The van der Waals surface area contributed by atoms with Gasteiger partial charge in [-0.05, 0) is 107 Å². The first-order valence-corrected chi connectivity index (χ1v) is 16.2. The van der Waals surface area contributed by atoms with E-state index in [9.17, 15) is 9.59 Å². The van der Waals surface area contributed by atoms with Gasteiger partial charge < -0.3 is 10.5 Å². The molecule has 0 amide bonds. The third-order valence-corrected chi connectivity index (χ3v) is 7.58. The summed E-state index contributed by atoms with van der Waals surface area (Å²) < 4.78 is 5.69. The van der Waals surface area contributed by atoms with Crippen LogP contribution in [-0.2, 0) is 20.7 Å². The number of unbranched alkanes of at least 4 members (excludes halogenated alkanes) is 8. The summed E-state index contributed by atoms with van der Waals surface area (Å²) in [6, 6.07) is 18.2. The van der Waals surface area contributed by atoms with E-state index in [4.69, 9.17) is 10.5 Å². The molecule has 1 aromatic carbocycles. The second-order valence-electron chi connectivity index (χ2n) is 12.5. The zero-order valence-corrected chi connectivity index (χ0v) is 26.5. The minimum atomic E-state index is -0.726. The highest BCUT2D eigenvalue weighted by atomic mass is 16.6. The summed E-state index contributed by atoms with van der Waals surface area (Å²) in [6.07, 6.45) is 16.2. The van der Waals surface area contributed by atoms with Gasteiger partial charge in [-0.25, -0.2) is 0 Å². The number of carbonyl (C=O) groups is 2. The summed E-state index contributed by atoms with van der Waals surface area (Å²) in [5.41, 5.74) is 9.90. The van der Waals surface area contributed by atoms with Crippen LogP contribution in [0.4, 0.5) is 0 Å². The average Bonchev–Trinajstić information content (AvgIpc) is 3.00. The molecule has 0 saturated carbocycles. The number of aryl methyl sites for hydroxylation is 1. The Morgan fingerprint density at radius 2 is 1.28 bits per heavy atom. The van der Waals surface area contributed by atoms with Crippen molar-refractivity contribution >= 4 is 11.8 Å². The van der Waals surface area contributed by atoms with E-state index in [0.29, 0.717) is 19.3 Å². The van der Waals surface area contributed by atoms with Gasteiger partial charge in [-0.15, -0.1) is 0 Å². The van der Waals surface area contributed by atoms with Gasteiger partial charge in [0.05, 0.1) is 11.4 Å². The Morgan fingerprint density at radius 3 is 1.77 bits per heavy atom. The molecule has 3 rings (SSSR count). The molecule has 0 bridgehead atoms. The van der Waals surface area contributed by atoms with Crippen molar-refractivity contribution in [3.63, 3.8) is 0 Å². The fourth-order valence-corrected chi connectivity index (χ4v) is 5.35. The highest BCUT2D eigenvalue weighted by Crippen LogP contribution is 2.28. The van der Waals surface area contributed by atoms with Crippen molar-refractivity contribution in [1.29, 1.82) is 0 Å². The van der Waals surface area contributed by atoms with Crippen molar-refractivity contribution in [3.05, 3.63) is 72.6 Å². The third kappa shape index (κ3) is 12.8. The smallest absolute Gasteiger partial charge is 0.316 e. The van der Waals surface area contributed by atoms with Crippen LogP contribution in [0.1, 0.15) is 103 Å². The van der Waals surface area contributed by atoms with Crippen molar-refractivity contribution in [3.8, 4) is 22.5 Å². The Balaban J connectivity index is 1.60. The van der Waals surface area contributed by atoms with Gasteiger partial charge >= 0.3 is 5.97 Å². The largest absolute Gasteiger partial charge is 0.459 e. The Morgan fingerprint density at radius 1 is 0.744 bits per heavy atom. The van der Waals surface area contributed by atoms with E-state index in [1.54, 1.807) is 12.4 Å². The Labute approximate surface area is 258 Å². The summed E-state index contributed by atoms with van der Waals surface area (Å²) in [6.45, 7) is 6.34. The quantitative estimate of drug-likeness (QED) is 0.0861. The van der Waals surface area contributed by atoms with Gasteiger partial charge in [-0.1, -0.05) is 57.1 Å². The van der Waals surface area contributed by atoms with Crippen LogP contribution in [-0.4, -0.2) is 33.9 Å². The third-order valence-electron chi connectivity index (χ3n) is 7.58. The monoisotopic (exact) mass is 585 g/mol. The van der Waals surface area contributed by atoms with Gasteiger partial charge in [0.25, 0.3) is 0 Å². The van der Waals surface area contributed by atoms with Gasteiger partial charge in [0.1, 0.15) is 17.3 Å². The number of carbonyl (C=O) groups excluding carboxylic acids is 2. The minimum absolute atomic E-state index is 0.00689. The van der Waals surface area contributed by atoms with Gasteiger partial charge in [0.15, 0.2) is 0 Å². The second kappa shape index (κ2) is 18.3. The van der Waals surface area contributed by atoms with E-state index >= 15 is 0 Å². The number of hydrogen-bond donors (Lipinski definition) is 1. The fraction of sp³-hybridized carbons (Fsp3) is 0.514. The molecule has 2 heterocycles. The van der Waals surface area contributed by atoms with E-state index in [-0.39, 0.29) is 5.78 Å². The van der Waals surface area contributed by atoms with Crippen LogP contribution in [0.25, 0.3) is 22.5 Å². The summed E-state index contributed by atoms with van der Waals surface area (Å²) in [5, 5.41) is 0. The van der Waals surface area contributed by atoms with Gasteiger partial charge in [0.2, 0.25) is 0 Å². The van der Waals surface area contributed by atoms with Crippen LogP contribution < -0.4 is 5.73 Å². The van der Waals surface area contributed by atoms with Crippen LogP contribution in [0.3, 0.4) is 0 Å². The highest BCUT2D eigenvalue weighted by Gasteiger charge is 2.30. The normalized spacial score (nSPS) is 12.2. The first kappa shape index (κ1) is 34.1. The van der Waals surface area contributed by atoms with E-state index in [1.165, 1.54) is 32.1 Å². The predicted octanol–water partition coefficient (Wildman–Crippen LogP) is 8.52. The Hall–Kier alpha value is -3.38. The van der Waals surface area contributed by atoms with Crippen molar-refractivity contribution in [1.82, 2.24) is 9.97 Å². The molecule has 0 aliphatic rings. The van der Waals surface area contributed by atoms with E-state index in [0.717, 1.165) is 66.7 Å². The number of ether oxygens (including phenoxy) is 1. The molecule has 2 aromatic heterocycles. The number of nitrogens with zero attached hydrogens (tertiary/aromatic N) is 2. The van der Waals surface area contributed by atoms with Crippen LogP contribution >= 0.6 is 0 Å². The van der Waals surface area contributed by atoms with Crippen molar-refractivity contribution in [2.45, 2.75) is 110 Å². The lowest BCUT2D eigenvalue weighted by Gasteiger charge is -2.23. The van der Waals surface area contributed by atoms with E-state index < -0.39 is 17.5 Å². The molecule has 2 N–H and O–H groups in total. The maximum Gasteiger partial charge on any atom is 0.316 e. The fourth-order valence-electron chi connectivity index (χ4n) is 5.35. The molecule has 6 heteroatoms. The molecule has 6 nitrogen and oxygen atoms in total. The van der Waals surface area contributed by atoms with Crippen molar-refractivity contribution in [2.75, 3.05) is 6.54 Å². The molecular weight excluding hydrogens is 534 g/mol. The molecule has 0 spiro atoms. The SMILES string of the molecule is CC(C)(C)OC(=O)[C@@H](CCCc1cc(-c2ccccn2)cc(-c2ccccn2)c1)C(=O)CCCCCCCCCCCN. The lowest BCUT2D eigenvalue weighted by molar-refractivity contribution is -0.162. The molecule has 3 aromatic rings. The number of hydrogen-bond acceptors (Lipinski definition) is 6. The molecule has 1 atom stereocenters. The molecule has 0 unspecified atom stereocenters. The molecule has 232 valence electrons. The number of esters is 1. The number of nitrogens with two attached hydrogens (primary N) is 1. The maximum atomic E-state index is 13.3. The molecule has 0 fully saturated rings. The maximum absolute atomic E-state index is 13.3. The Bertz CT molecular complexity index is 1180. The van der Waals surface area contributed by atoms with E-state index in [2.05, 4.69) is 28.2 Å². The first-order valence-electron chi connectivity index (χ1n) is 16.2. The number of aromatic nitrogens is 2. The minimum Gasteiger partial charge on any atom is -0.459 e. The van der Waals surface area contributed by atoms with Crippen LogP contribution in [0.15, 0.2) is 67.0 Å². The van der Waals surface area contributed by atoms with E-state index in [1.807, 2.05) is 57.2 Å². The van der Waals surface area contributed by atoms with Crippen molar-refractivity contribution < 1.29 is 14.3 Å². The van der Waals surface area contributed by atoms with Crippen LogP contribution in [0.5, 0.6) is 0 Å². The van der Waals surface area contributed by atoms with Gasteiger partial charge in [0, 0.05) is 29.9 Å². The zero-order valence-electron chi connectivity index (χ0n) is 26.5. The highest BCUT2D eigenvalue weighted by molar-refractivity contribution is 5.99. The average molecular weight is 586 g/mol. The number of Topliss-reactive ketones (excluding diaryl/α,β-unsaturated/α-hetero) is 1. The topological polar surface area (TPSA) is 95.2 Å². The van der Waals surface area contributed by atoms with Crippen LogP contribution in [0, 0.1) is 5.92 Å². The Kier molecular flexibility index (Phi) is 14.5. The van der Waals surface area contributed by atoms with Crippen LogP contribution in [0.2, 0.25) is 0 Å². The summed E-state index contributed by atoms with van der Waals surface area (Å²) in [4.78, 5) is 35.5. The summed E-state index contributed by atoms with van der Waals surface area (Å²) in [7, 11) is 0. The number of rotatable bonds is 19. The zero-order chi connectivity index (χ0) is 30.9. The molecular formula is C37H51N3O3. The van der Waals surface area contributed by atoms with Gasteiger partial charge in [-0.3, -0.25) is 19.6 Å². The second-order valence-corrected chi connectivity index (χ2v) is 12.5. The molecule has 0 radical (unpaired) electrons. The summed E-state index contributed by atoms with van der Waals surface area (Å²) >= 11 is 0. The molecule has 43 heavy (non-hydrogen) atoms. The lowest BCUT2D eigenvalue weighted by Crippen LogP contribution is -2.33. The number of pyridine rings is 2. The number of ketones is 1. The predicted molar refractivity (Wildman–Crippen MR) is 175 cm³/mol. The lowest BCUT2D eigenvalue weighted by atomic mass is 9.91.